The lowest BCUT2D eigenvalue weighted by molar-refractivity contribution is -0.132. The summed E-state index contributed by atoms with van der Waals surface area (Å²) in [6, 6.07) is 4.26. The number of carbonyl (C=O) groups is 4. The molecular weight excluding hydrogens is 468 g/mol. The summed E-state index contributed by atoms with van der Waals surface area (Å²) in [5.74, 6) is -2.11. The van der Waals surface area contributed by atoms with Gasteiger partial charge in [0.15, 0.2) is 12.2 Å². The van der Waals surface area contributed by atoms with E-state index in [1.807, 2.05) is 20.9 Å². The van der Waals surface area contributed by atoms with Gasteiger partial charge in [-0.2, -0.15) is 0 Å². The van der Waals surface area contributed by atoms with Crippen LogP contribution in [0, 0.1) is 5.92 Å². The minimum absolute atomic E-state index is 0.0571. The number of ether oxygens (including phenoxy) is 1. The summed E-state index contributed by atoms with van der Waals surface area (Å²) >= 11 is 0. The van der Waals surface area contributed by atoms with Crippen molar-refractivity contribution in [1.29, 1.82) is 0 Å². The highest BCUT2D eigenvalue weighted by Crippen LogP contribution is 2.23. The average molecular weight is 505 g/mol. The number of nitrogens with one attached hydrogen (secondary N) is 3. The number of aromatic hydroxyl groups is 1. The van der Waals surface area contributed by atoms with Crippen LogP contribution in [-0.2, 0) is 30.3 Å². The number of nitrogens with zero attached hydrogens (tertiary/aromatic N) is 2. The van der Waals surface area contributed by atoms with Gasteiger partial charge >= 0.3 is 0 Å². The van der Waals surface area contributed by atoms with Crippen LogP contribution < -0.4 is 21.8 Å². The molecular formula is C24H36N6O6. The predicted octanol–water partition coefficient (Wildman–Crippen LogP) is -1.52. The highest BCUT2D eigenvalue weighted by Gasteiger charge is 2.51. The van der Waals surface area contributed by atoms with E-state index in [0.29, 0.717) is 25.1 Å². The lowest BCUT2D eigenvalue weighted by Gasteiger charge is -2.32. The van der Waals surface area contributed by atoms with Crippen molar-refractivity contribution < 1.29 is 29.0 Å². The Morgan fingerprint density at radius 1 is 1.00 bits per heavy atom. The summed E-state index contributed by atoms with van der Waals surface area (Å²) in [6.07, 6.45) is -1.46. The number of primary amides is 1. The number of benzene rings is 1. The van der Waals surface area contributed by atoms with E-state index in [4.69, 9.17) is 10.5 Å². The molecule has 198 valence electrons. The minimum atomic E-state index is -1.01. The Labute approximate surface area is 210 Å². The molecule has 0 radical (unpaired) electrons. The van der Waals surface area contributed by atoms with E-state index in [0.717, 1.165) is 13.1 Å². The van der Waals surface area contributed by atoms with Gasteiger partial charge in [-0.1, -0.05) is 26.0 Å². The maximum absolute atomic E-state index is 13.0. The number of amides is 4. The van der Waals surface area contributed by atoms with Gasteiger partial charge in [-0.25, -0.2) is 5.01 Å². The number of hydrogen-bond acceptors (Lipinski definition) is 8. The van der Waals surface area contributed by atoms with Gasteiger partial charge in [-0.3, -0.25) is 24.6 Å². The second-order valence-electron chi connectivity index (χ2n) is 9.77. The Bertz CT molecular complexity index is 947. The zero-order valence-corrected chi connectivity index (χ0v) is 20.9. The van der Waals surface area contributed by atoms with Crippen molar-refractivity contribution in [3.8, 4) is 5.75 Å². The maximum Gasteiger partial charge on any atom is 0.266 e. The fourth-order valence-electron chi connectivity index (χ4n) is 3.97. The van der Waals surface area contributed by atoms with E-state index in [9.17, 15) is 24.3 Å². The average Bonchev–Trinajstić information content (AvgIpc) is 3.62. The summed E-state index contributed by atoms with van der Waals surface area (Å²) < 4.78 is 5.31. The number of piperazine rings is 1. The van der Waals surface area contributed by atoms with Crippen molar-refractivity contribution in [1.82, 2.24) is 26.0 Å². The lowest BCUT2D eigenvalue weighted by Crippen LogP contribution is -2.55. The maximum atomic E-state index is 13.0. The highest BCUT2D eigenvalue weighted by molar-refractivity contribution is 5.97. The van der Waals surface area contributed by atoms with Crippen molar-refractivity contribution in [2.24, 2.45) is 11.7 Å². The first-order valence-corrected chi connectivity index (χ1v) is 12.1. The molecule has 3 rings (SSSR count). The summed E-state index contributed by atoms with van der Waals surface area (Å²) in [4.78, 5) is 52.4. The molecule has 2 fully saturated rings. The Morgan fingerprint density at radius 2 is 1.61 bits per heavy atom. The van der Waals surface area contributed by atoms with Gasteiger partial charge in [-0.05, 0) is 37.1 Å². The molecule has 2 saturated heterocycles. The fourth-order valence-corrected chi connectivity index (χ4v) is 3.97. The molecule has 4 atom stereocenters. The number of epoxide rings is 1. The topological polar surface area (TPSA) is 170 Å². The molecule has 12 heteroatoms. The van der Waals surface area contributed by atoms with Crippen LogP contribution in [0.25, 0.3) is 0 Å². The third kappa shape index (κ3) is 7.90. The van der Waals surface area contributed by atoms with Crippen molar-refractivity contribution >= 4 is 23.6 Å². The summed E-state index contributed by atoms with van der Waals surface area (Å²) in [5, 5.41) is 16.5. The normalized spacial score (nSPS) is 21.9. The molecule has 2 heterocycles. The third-order valence-electron chi connectivity index (χ3n) is 6.16. The molecule has 0 aromatic heterocycles. The number of phenols is 1. The summed E-state index contributed by atoms with van der Waals surface area (Å²) in [7, 11) is 2.01. The van der Waals surface area contributed by atoms with Crippen molar-refractivity contribution in [2.75, 3.05) is 33.2 Å². The summed E-state index contributed by atoms with van der Waals surface area (Å²) in [6.45, 7) is 6.78. The lowest BCUT2D eigenvalue weighted by atomic mass is 10.0. The predicted molar refractivity (Wildman–Crippen MR) is 130 cm³/mol. The van der Waals surface area contributed by atoms with Crippen LogP contribution in [0.15, 0.2) is 24.3 Å². The Balaban J connectivity index is 1.55. The van der Waals surface area contributed by atoms with Gasteiger partial charge < -0.3 is 31.1 Å². The Hall–Kier alpha value is -3.22. The van der Waals surface area contributed by atoms with E-state index in [1.165, 1.54) is 12.1 Å². The first-order chi connectivity index (χ1) is 17.0. The second kappa shape index (κ2) is 12.2. The van der Waals surface area contributed by atoms with Gasteiger partial charge in [0.05, 0.1) is 0 Å². The molecule has 36 heavy (non-hydrogen) atoms. The number of hydrazine groups is 1. The van der Waals surface area contributed by atoms with Crippen LogP contribution in [-0.4, -0.2) is 96.2 Å². The molecule has 1 aromatic carbocycles. The van der Waals surface area contributed by atoms with Gasteiger partial charge in [-0.15, -0.1) is 0 Å². The number of likely N-dealkylation sites (N-methyl/N-ethyl adjacent to an activating group) is 1. The Kier molecular flexibility index (Phi) is 9.24. The molecule has 12 nitrogen and oxygen atoms in total. The second-order valence-corrected chi connectivity index (χ2v) is 9.77. The van der Waals surface area contributed by atoms with E-state index in [-0.39, 0.29) is 18.1 Å². The fraction of sp³-hybridized carbons (Fsp3) is 0.583. The first kappa shape index (κ1) is 27.4. The van der Waals surface area contributed by atoms with Crippen molar-refractivity contribution in [2.45, 2.75) is 51.0 Å². The van der Waals surface area contributed by atoms with Crippen LogP contribution in [0.3, 0.4) is 0 Å². The molecule has 0 saturated carbocycles. The van der Waals surface area contributed by atoms with Gasteiger partial charge in [0.2, 0.25) is 11.8 Å². The Morgan fingerprint density at radius 3 is 2.19 bits per heavy atom. The minimum Gasteiger partial charge on any atom is -0.508 e. The number of rotatable bonds is 11. The molecule has 0 spiro atoms. The van der Waals surface area contributed by atoms with Gasteiger partial charge in [0.1, 0.15) is 17.8 Å². The standard InChI is InChI=1S/C24H36N6O6/c1-14(2)12-18(22(33)26-17(21(25)32)13-15-4-6-16(31)7-5-15)27-23(34)19-20(36-19)24(35)28-30-10-8-29(3)9-11-30/h4-7,14,17-20,31H,8-13H2,1-3H3,(H2,25,32)(H,26,33)(H,27,34)(H,28,35)/t17-,18-,19?,20+/m0/s1. The van der Waals surface area contributed by atoms with Crippen molar-refractivity contribution in [3.05, 3.63) is 29.8 Å². The smallest absolute Gasteiger partial charge is 0.266 e. The molecule has 2 aliphatic heterocycles. The van der Waals surface area contributed by atoms with E-state index in [2.05, 4.69) is 21.0 Å². The number of hydrogen-bond donors (Lipinski definition) is 5. The molecule has 4 amide bonds. The van der Waals surface area contributed by atoms with E-state index in [1.54, 1.807) is 17.1 Å². The van der Waals surface area contributed by atoms with Gasteiger partial charge in [0.25, 0.3) is 11.8 Å². The number of phenolic OH excluding ortho intramolecular Hbond substituents is 1. The summed E-state index contributed by atoms with van der Waals surface area (Å²) in [5.41, 5.74) is 8.97. The number of carbonyl (C=O) groups excluding carboxylic acids is 4. The largest absolute Gasteiger partial charge is 0.508 e. The molecule has 6 N–H and O–H groups in total. The zero-order valence-electron chi connectivity index (χ0n) is 20.9. The molecule has 2 aliphatic rings. The van der Waals surface area contributed by atoms with E-state index >= 15 is 0 Å². The van der Waals surface area contributed by atoms with Crippen LogP contribution >= 0.6 is 0 Å². The molecule has 0 bridgehead atoms. The van der Waals surface area contributed by atoms with Crippen LogP contribution in [0.5, 0.6) is 5.75 Å². The molecule has 1 unspecified atom stereocenters. The van der Waals surface area contributed by atoms with Gasteiger partial charge in [0, 0.05) is 32.6 Å². The van der Waals surface area contributed by atoms with Crippen LogP contribution in [0.1, 0.15) is 25.8 Å². The zero-order chi connectivity index (χ0) is 26.4. The highest BCUT2D eigenvalue weighted by atomic mass is 16.6. The third-order valence-corrected chi connectivity index (χ3v) is 6.16. The first-order valence-electron chi connectivity index (χ1n) is 12.1. The van der Waals surface area contributed by atoms with Crippen LogP contribution in [0.2, 0.25) is 0 Å². The van der Waals surface area contributed by atoms with Crippen molar-refractivity contribution in [3.63, 3.8) is 0 Å². The number of nitrogens with two attached hydrogens (primary N) is 1. The van der Waals surface area contributed by atoms with E-state index < -0.39 is 47.9 Å². The molecule has 1 aromatic rings. The molecule has 0 aliphatic carbocycles. The quantitative estimate of drug-likeness (QED) is 0.226. The van der Waals surface area contributed by atoms with Crippen LogP contribution in [0.4, 0.5) is 0 Å². The SMILES string of the molecule is CC(C)C[C@H](NC(=O)C1O[C@H]1C(=O)NN1CCN(C)CC1)C(=O)N[C@@H](Cc1ccc(O)cc1)C(N)=O. The monoisotopic (exact) mass is 504 g/mol.